The van der Waals surface area contributed by atoms with Crippen molar-refractivity contribution < 1.29 is 0 Å². The molecular weight excluding hydrogens is 539 g/mol. The van der Waals surface area contributed by atoms with E-state index < -0.39 is 0 Å². The third-order valence-corrected chi connectivity index (χ3v) is 11.9. The minimum atomic E-state index is -0.140. The van der Waals surface area contributed by atoms with Crippen LogP contribution in [0.1, 0.15) is 48.9 Å². The lowest BCUT2D eigenvalue weighted by molar-refractivity contribution is 0.455. The van der Waals surface area contributed by atoms with Crippen molar-refractivity contribution >= 4 is 71.9 Å². The second-order valence-electron chi connectivity index (χ2n) is 13.5. The Morgan fingerprint density at radius 1 is 0.884 bits per heavy atom. The molecule has 1 atom stereocenters. The average molecular weight is 571 g/mol. The van der Waals surface area contributed by atoms with Crippen molar-refractivity contribution in [3.8, 4) is 5.69 Å². The van der Waals surface area contributed by atoms with Crippen LogP contribution in [-0.2, 0) is 5.41 Å². The van der Waals surface area contributed by atoms with E-state index in [4.69, 9.17) is 0 Å². The molecule has 10 rings (SSSR count). The maximum absolute atomic E-state index is 4.22. The third kappa shape index (κ3) is 2.95. The van der Waals surface area contributed by atoms with Crippen molar-refractivity contribution in [1.82, 2.24) is 9.88 Å². The summed E-state index contributed by atoms with van der Waals surface area (Å²) in [6.45, 7) is 7.06. The van der Waals surface area contributed by atoms with Crippen LogP contribution in [0.3, 0.4) is 0 Å². The number of para-hydroxylation sites is 1. The van der Waals surface area contributed by atoms with Crippen molar-refractivity contribution in [2.45, 2.75) is 44.6 Å². The minimum Gasteiger partial charge on any atom is -0.377 e. The standard InChI is InChI=1S/C39H31BN2S/c1-22-19-26(29-15-8-9-18-39(29)21-27-23-11-4-6-14-28(23)38(2,3)37(27)41-39)33-31(20-22)42-34-25(13-10-16-30(34)40-33)36-35(42)24-12-5-7-17-32(24)43-36/h4-17,19-20,40-41H,18,21H2,1-3H3. The molecule has 0 saturated carbocycles. The van der Waals surface area contributed by atoms with E-state index in [0.717, 1.165) is 20.1 Å². The molecule has 1 unspecified atom stereocenters. The number of benzene rings is 4. The van der Waals surface area contributed by atoms with Gasteiger partial charge in [0.15, 0.2) is 7.28 Å². The Bertz CT molecular complexity index is 2340. The molecule has 2 aliphatic heterocycles. The second kappa shape index (κ2) is 8.01. The first kappa shape index (κ1) is 24.2. The van der Waals surface area contributed by atoms with Crippen molar-refractivity contribution in [3.05, 3.63) is 125 Å². The van der Waals surface area contributed by atoms with E-state index in [1.54, 1.807) is 0 Å². The molecule has 2 nitrogen and oxygen atoms in total. The van der Waals surface area contributed by atoms with E-state index in [0.29, 0.717) is 0 Å². The zero-order valence-electron chi connectivity index (χ0n) is 24.7. The molecule has 4 aromatic carbocycles. The molecule has 0 saturated heterocycles. The highest BCUT2D eigenvalue weighted by molar-refractivity contribution is 7.26. The molecular formula is C39H31BN2S. The van der Waals surface area contributed by atoms with Crippen LogP contribution in [0.15, 0.2) is 103 Å². The van der Waals surface area contributed by atoms with Crippen molar-refractivity contribution in [2.75, 3.05) is 0 Å². The number of aryl methyl sites for hydroxylation is 1. The number of fused-ring (bicyclic) bond motifs is 9. The van der Waals surface area contributed by atoms with Gasteiger partial charge >= 0.3 is 0 Å². The highest BCUT2D eigenvalue weighted by atomic mass is 32.1. The summed E-state index contributed by atoms with van der Waals surface area (Å²) in [5.74, 6) is 0. The van der Waals surface area contributed by atoms with Gasteiger partial charge in [-0.3, -0.25) is 0 Å². The monoisotopic (exact) mass is 570 g/mol. The van der Waals surface area contributed by atoms with E-state index in [2.05, 4.69) is 128 Å². The maximum atomic E-state index is 4.22. The number of hydrogen-bond donors (Lipinski definition) is 1. The summed E-state index contributed by atoms with van der Waals surface area (Å²) in [6.07, 6.45) is 9.08. The van der Waals surface area contributed by atoms with E-state index in [1.807, 2.05) is 11.3 Å². The molecule has 0 radical (unpaired) electrons. The first-order valence-corrected chi connectivity index (χ1v) is 16.3. The summed E-state index contributed by atoms with van der Waals surface area (Å²) in [6, 6.07) is 29.8. The number of rotatable bonds is 1. The molecule has 2 aromatic heterocycles. The highest BCUT2D eigenvalue weighted by Gasteiger charge is 2.50. The van der Waals surface area contributed by atoms with Gasteiger partial charge in [-0.25, -0.2) is 0 Å². The number of hydrogen-bond acceptors (Lipinski definition) is 2. The maximum Gasteiger partial charge on any atom is 0.198 e. The van der Waals surface area contributed by atoms with Crippen molar-refractivity contribution in [1.29, 1.82) is 0 Å². The molecule has 4 heteroatoms. The zero-order chi connectivity index (χ0) is 28.7. The van der Waals surface area contributed by atoms with Gasteiger partial charge in [0.1, 0.15) is 0 Å². The van der Waals surface area contributed by atoms with Crippen molar-refractivity contribution in [3.63, 3.8) is 0 Å². The lowest BCUT2D eigenvalue weighted by Gasteiger charge is -2.40. The largest absolute Gasteiger partial charge is 0.377 e. The Labute approximate surface area is 256 Å². The fraction of sp³-hybridized carbons (Fsp3) is 0.179. The van der Waals surface area contributed by atoms with Crippen LogP contribution in [0.4, 0.5) is 0 Å². The van der Waals surface area contributed by atoms with E-state index in [1.165, 1.54) is 86.9 Å². The normalized spacial score (nSPS) is 20.9. The van der Waals surface area contributed by atoms with Crippen LogP contribution in [0.2, 0.25) is 0 Å². The van der Waals surface area contributed by atoms with Gasteiger partial charge in [0.05, 0.1) is 15.8 Å². The number of nitrogens with zero attached hydrogens (tertiary/aromatic N) is 1. The van der Waals surface area contributed by atoms with Gasteiger partial charge in [-0.2, -0.15) is 0 Å². The molecule has 6 aromatic rings. The van der Waals surface area contributed by atoms with Gasteiger partial charge in [-0.05, 0) is 64.3 Å². The van der Waals surface area contributed by atoms with Gasteiger partial charge in [0, 0.05) is 44.2 Å². The van der Waals surface area contributed by atoms with Crippen LogP contribution >= 0.6 is 11.3 Å². The van der Waals surface area contributed by atoms with Gasteiger partial charge in [-0.15, -0.1) is 11.3 Å². The topological polar surface area (TPSA) is 17.0 Å². The van der Waals surface area contributed by atoms with Gasteiger partial charge in [-0.1, -0.05) is 104 Å². The Balaban J connectivity index is 1.21. The van der Waals surface area contributed by atoms with Crippen LogP contribution in [-0.4, -0.2) is 17.4 Å². The molecule has 0 fully saturated rings. The lowest BCUT2D eigenvalue weighted by Crippen LogP contribution is -2.47. The molecule has 1 spiro atoms. The first-order chi connectivity index (χ1) is 20.9. The summed E-state index contributed by atoms with van der Waals surface area (Å²) in [5, 5.41) is 6.96. The number of aromatic nitrogens is 1. The number of nitrogens with one attached hydrogen (secondary N) is 1. The van der Waals surface area contributed by atoms with E-state index >= 15 is 0 Å². The van der Waals surface area contributed by atoms with Crippen LogP contribution in [0, 0.1) is 6.92 Å². The van der Waals surface area contributed by atoms with Crippen LogP contribution < -0.4 is 16.2 Å². The van der Waals surface area contributed by atoms with E-state index in [-0.39, 0.29) is 11.0 Å². The predicted octanol–water partition coefficient (Wildman–Crippen LogP) is 7.79. The smallest absolute Gasteiger partial charge is 0.198 e. The summed E-state index contributed by atoms with van der Waals surface area (Å²) in [7, 11) is 0.954. The Morgan fingerprint density at radius 3 is 2.65 bits per heavy atom. The molecule has 0 bridgehead atoms. The minimum absolute atomic E-state index is 0.0188. The molecule has 4 aliphatic rings. The molecule has 0 amide bonds. The predicted molar refractivity (Wildman–Crippen MR) is 186 cm³/mol. The summed E-state index contributed by atoms with van der Waals surface area (Å²) in [4.78, 5) is 0. The molecule has 206 valence electrons. The Morgan fingerprint density at radius 2 is 1.72 bits per heavy atom. The average Bonchev–Trinajstić information content (AvgIpc) is 3.73. The summed E-state index contributed by atoms with van der Waals surface area (Å²) >= 11 is 1.94. The highest BCUT2D eigenvalue weighted by Crippen LogP contribution is 2.55. The number of allylic oxidation sites excluding steroid dienone is 3. The second-order valence-corrected chi connectivity index (χ2v) is 14.6. The third-order valence-electron chi connectivity index (χ3n) is 10.7. The first-order valence-electron chi connectivity index (χ1n) is 15.5. The number of thiophene rings is 1. The molecule has 2 aliphatic carbocycles. The molecule has 43 heavy (non-hydrogen) atoms. The summed E-state index contributed by atoms with van der Waals surface area (Å²) in [5.41, 5.74) is 16.8. The summed E-state index contributed by atoms with van der Waals surface area (Å²) < 4.78 is 5.38. The molecule has 4 heterocycles. The SMILES string of the molecule is Cc1cc(C2=CC=CCC23CC2=C(N3)C(C)(C)c3ccccc32)c2c(c1)-n1c3c(cccc3c3sc4ccccc4c31)B2. The Hall–Kier alpha value is -4.28. The van der Waals surface area contributed by atoms with Gasteiger partial charge < -0.3 is 9.88 Å². The van der Waals surface area contributed by atoms with Gasteiger partial charge in [0.2, 0.25) is 0 Å². The molecule has 1 N–H and O–H groups in total. The fourth-order valence-corrected chi connectivity index (χ4v) is 10.1. The Kier molecular flexibility index (Phi) is 4.50. The van der Waals surface area contributed by atoms with Crippen molar-refractivity contribution in [2.24, 2.45) is 0 Å². The zero-order valence-corrected chi connectivity index (χ0v) is 25.5. The fourth-order valence-electron chi connectivity index (χ4n) is 8.86. The van der Waals surface area contributed by atoms with Gasteiger partial charge in [0.25, 0.3) is 0 Å². The quantitative estimate of drug-likeness (QED) is 0.200. The lowest BCUT2D eigenvalue weighted by atomic mass is 9.57. The van der Waals surface area contributed by atoms with E-state index in [9.17, 15) is 0 Å². The van der Waals surface area contributed by atoms with Crippen LogP contribution in [0.5, 0.6) is 0 Å². The van der Waals surface area contributed by atoms with Crippen LogP contribution in [0.25, 0.3) is 48.0 Å².